The summed E-state index contributed by atoms with van der Waals surface area (Å²) >= 11 is 10.7. The van der Waals surface area contributed by atoms with Gasteiger partial charge in [0.1, 0.15) is 16.5 Å². The van der Waals surface area contributed by atoms with Gasteiger partial charge in [0, 0.05) is 12.1 Å². The molecule has 0 spiro atoms. The first kappa shape index (κ1) is 15.3. The monoisotopic (exact) mass is 325 g/mol. The van der Waals surface area contributed by atoms with Crippen LogP contribution in [0.3, 0.4) is 0 Å². The maximum Gasteiger partial charge on any atom is 0.265 e. The van der Waals surface area contributed by atoms with E-state index in [1.54, 1.807) is 0 Å². The summed E-state index contributed by atoms with van der Waals surface area (Å²) in [5.74, 6) is -1.91. The van der Waals surface area contributed by atoms with Crippen molar-refractivity contribution in [2.24, 2.45) is 0 Å². The van der Waals surface area contributed by atoms with Crippen molar-refractivity contribution in [3.63, 3.8) is 0 Å². The average Bonchev–Trinajstić information content (AvgIpc) is 2.43. The minimum atomic E-state index is -0.675. The first-order chi connectivity index (χ1) is 9.93. The summed E-state index contributed by atoms with van der Waals surface area (Å²) in [5.41, 5.74) is -0.0821. The molecule has 0 aromatic carbocycles. The summed E-state index contributed by atoms with van der Waals surface area (Å²) in [6.07, 6.45) is 3.58. The van der Waals surface area contributed by atoms with Gasteiger partial charge in [0.15, 0.2) is 5.11 Å². The summed E-state index contributed by atoms with van der Waals surface area (Å²) < 4.78 is 13.2. The molecular weight excluding hydrogens is 317 g/mol. The maximum absolute atomic E-state index is 13.2. The highest BCUT2D eigenvalue weighted by atomic mass is 35.5. The molecule has 1 aromatic heterocycles. The second-order valence-electron chi connectivity index (χ2n) is 4.06. The van der Waals surface area contributed by atoms with Crippen molar-refractivity contribution in [2.75, 3.05) is 6.54 Å². The first-order valence-corrected chi connectivity index (χ1v) is 6.53. The molecule has 21 heavy (non-hydrogen) atoms. The molecule has 1 aliphatic heterocycles. The summed E-state index contributed by atoms with van der Waals surface area (Å²) in [7, 11) is 0. The Labute approximate surface area is 130 Å². The van der Waals surface area contributed by atoms with E-state index in [-0.39, 0.29) is 27.9 Å². The second-order valence-corrected chi connectivity index (χ2v) is 4.80. The van der Waals surface area contributed by atoms with Crippen LogP contribution in [0, 0.1) is 5.82 Å². The van der Waals surface area contributed by atoms with Crippen LogP contribution in [0.2, 0.25) is 5.15 Å². The molecule has 0 radical (unpaired) electrons. The highest BCUT2D eigenvalue weighted by molar-refractivity contribution is 7.80. The third-order valence-electron chi connectivity index (χ3n) is 2.63. The average molecular weight is 326 g/mol. The van der Waals surface area contributed by atoms with Crippen molar-refractivity contribution in [3.8, 4) is 0 Å². The summed E-state index contributed by atoms with van der Waals surface area (Å²) in [6, 6.07) is 1.08. The van der Waals surface area contributed by atoms with Crippen LogP contribution < -0.4 is 5.32 Å². The van der Waals surface area contributed by atoms with Crippen LogP contribution in [0.1, 0.15) is 5.56 Å². The van der Waals surface area contributed by atoms with Crippen LogP contribution in [0.25, 0.3) is 6.08 Å². The van der Waals surface area contributed by atoms with Gasteiger partial charge >= 0.3 is 0 Å². The lowest BCUT2D eigenvalue weighted by atomic mass is 10.1. The van der Waals surface area contributed by atoms with Gasteiger partial charge in [-0.3, -0.25) is 19.8 Å². The van der Waals surface area contributed by atoms with Gasteiger partial charge in [0.05, 0.1) is 6.20 Å². The molecule has 2 heterocycles. The predicted octanol–water partition coefficient (Wildman–Crippen LogP) is 1.69. The number of halogens is 2. The fraction of sp³-hybridized carbons (Fsp3) is 0.0769. The van der Waals surface area contributed by atoms with E-state index < -0.39 is 17.6 Å². The molecule has 0 bridgehead atoms. The van der Waals surface area contributed by atoms with E-state index in [1.165, 1.54) is 12.2 Å². The number of hydrogen-bond acceptors (Lipinski definition) is 4. The Hall–Kier alpha value is -2.12. The van der Waals surface area contributed by atoms with Crippen LogP contribution in [0.4, 0.5) is 4.39 Å². The lowest BCUT2D eigenvalue weighted by Crippen LogP contribution is -2.53. The normalized spacial score (nSPS) is 17.1. The molecule has 1 saturated heterocycles. The molecule has 1 fully saturated rings. The summed E-state index contributed by atoms with van der Waals surface area (Å²) in [4.78, 5) is 28.9. The third kappa shape index (κ3) is 3.14. The van der Waals surface area contributed by atoms with Crippen molar-refractivity contribution in [3.05, 3.63) is 47.0 Å². The number of nitrogens with one attached hydrogen (secondary N) is 1. The Morgan fingerprint density at radius 2 is 2.24 bits per heavy atom. The number of rotatable bonds is 3. The molecule has 1 aromatic rings. The van der Waals surface area contributed by atoms with E-state index >= 15 is 0 Å². The van der Waals surface area contributed by atoms with Crippen LogP contribution in [0.15, 0.2) is 30.5 Å². The number of pyridine rings is 1. The fourth-order valence-corrected chi connectivity index (χ4v) is 2.09. The zero-order valence-corrected chi connectivity index (χ0v) is 12.2. The highest BCUT2D eigenvalue weighted by Gasteiger charge is 2.32. The quantitative estimate of drug-likeness (QED) is 0.302. The molecule has 2 amide bonds. The van der Waals surface area contributed by atoms with Gasteiger partial charge in [0.25, 0.3) is 11.8 Å². The van der Waals surface area contributed by atoms with Crippen molar-refractivity contribution in [2.45, 2.75) is 0 Å². The number of carbonyl (C=O) groups excluding carboxylic acids is 2. The predicted molar refractivity (Wildman–Crippen MR) is 79.8 cm³/mol. The summed E-state index contributed by atoms with van der Waals surface area (Å²) in [6.45, 7) is 3.65. The van der Waals surface area contributed by atoms with Crippen molar-refractivity contribution >= 4 is 46.8 Å². The minimum Gasteiger partial charge on any atom is -0.298 e. The molecule has 0 aliphatic carbocycles. The van der Waals surface area contributed by atoms with E-state index in [0.29, 0.717) is 0 Å². The lowest BCUT2D eigenvalue weighted by Gasteiger charge is -2.27. The largest absolute Gasteiger partial charge is 0.298 e. The number of nitrogens with zero attached hydrogens (tertiary/aromatic N) is 2. The zero-order valence-electron chi connectivity index (χ0n) is 10.6. The first-order valence-electron chi connectivity index (χ1n) is 5.75. The zero-order chi connectivity index (χ0) is 15.6. The van der Waals surface area contributed by atoms with Gasteiger partial charge in [-0.05, 0) is 24.4 Å². The Morgan fingerprint density at radius 3 is 2.90 bits per heavy atom. The molecular formula is C13H9ClFN3O2S. The van der Waals surface area contributed by atoms with Gasteiger partial charge in [-0.2, -0.15) is 0 Å². The standard InChI is InChI=1S/C13H9ClFN3O2S/c1-2-3-18-12(20)9(11(19)17-13(18)21)5-7-4-8(15)6-16-10(7)14/h2,4-6H,1,3H2,(H,17,19,21)/b9-5+. The number of amides is 2. The molecule has 1 aliphatic rings. The van der Waals surface area contributed by atoms with Gasteiger partial charge in [-0.1, -0.05) is 17.7 Å². The molecule has 0 unspecified atom stereocenters. The maximum atomic E-state index is 13.2. The van der Waals surface area contributed by atoms with E-state index in [4.69, 9.17) is 23.8 Å². The topological polar surface area (TPSA) is 62.3 Å². The Morgan fingerprint density at radius 1 is 1.52 bits per heavy atom. The molecule has 1 N–H and O–H groups in total. The third-order valence-corrected chi connectivity index (χ3v) is 3.27. The Bertz CT molecular complexity index is 690. The Kier molecular flexibility index (Phi) is 4.44. The molecule has 5 nitrogen and oxygen atoms in total. The second kappa shape index (κ2) is 6.11. The van der Waals surface area contributed by atoms with Gasteiger partial charge < -0.3 is 0 Å². The van der Waals surface area contributed by atoms with Crippen molar-refractivity contribution < 1.29 is 14.0 Å². The number of thiocarbonyl (C=S) groups is 1. The van der Waals surface area contributed by atoms with E-state index in [0.717, 1.165) is 17.2 Å². The molecule has 8 heteroatoms. The minimum absolute atomic E-state index is 0.00878. The molecule has 2 rings (SSSR count). The van der Waals surface area contributed by atoms with Gasteiger partial charge in [-0.25, -0.2) is 9.37 Å². The Balaban J connectivity index is 2.45. The van der Waals surface area contributed by atoms with Crippen LogP contribution in [0.5, 0.6) is 0 Å². The van der Waals surface area contributed by atoms with E-state index in [2.05, 4.69) is 16.9 Å². The molecule has 0 atom stereocenters. The van der Waals surface area contributed by atoms with E-state index in [1.807, 2.05) is 0 Å². The van der Waals surface area contributed by atoms with Gasteiger partial charge in [0.2, 0.25) is 0 Å². The van der Waals surface area contributed by atoms with Crippen molar-refractivity contribution in [1.82, 2.24) is 15.2 Å². The lowest BCUT2D eigenvalue weighted by molar-refractivity contribution is -0.128. The molecule has 108 valence electrons. The SMILES string of the molecule is C=CCN1C(=O)/C(=C/c2cc(F)cnc2Cl)C(=O)NC1=S. The fourth-order valence-electron chi connectivity index (χ4n) is 1.68. The summed E-state index contributed by atoms with van der Waals surface area (Å²) in [5, 5.41) is 2.34. The molecule has 0 saturated carbocycles. The van der Waals surface area contributed by atoms with Crippen LogP contribution in [-0.4, -0.2) is 33.4 Å². The van der Waals surface area contributed by atoms with Crippen LogP contribution >= 0.6 is 23.8 Å². The number of carbonyl (C=O) groups is 2. The highest BCUT2D eigenvalue weighted by Crippen LogP contribution is 2.20. The number of hydrogen-bond donors (Lipinski definition) is 1. The van der Waals surface area contributed by atoms with Crippen molar-refractivity contribution in [1.29, 1.82) is 0 Å². The van der Waals surface area contributed by atoms with Crippen LogP contribution in [-0.2, 0) is 9.59 Å². The van der Waals surface area contributed by atoms with Gasteiger partial charge in [-0.15, -0.1) is 6.58 Å². The van der Waals surface area contributed by atoms with E-state index in [9.17, 15) is 14.0 Å². The number of aromatic nitrogens is 1. The smallest absolute Gasteiger partial charge is 0.265 e.